The second-order valence-electron chi connectivity index (χ2n) is 5.97. The summed E-state index contributed by atoms with van der Waals surface area (Å²) in [5.74, 6) is -3.25. The van der Waals surface area contributed by atoms with Crippen LogP contribution in [-0.4, -0.2) is 33.7 Å². The van der Waals surface area contributed by atoms with Crippen LogP contribution in [0.15, 0.2) is 36.5 Å². The zero-order chi connectivity index (χ0) is 18.4. The lowest BCUT2D eigenvalue weighted by Crippen LogP contribution is -2.43. The average molecular weight is 347 g/mol. The van der Waals surface area contributed by atoms with Crippen molar-refractivity contribution in [3.8, 4) is 0 Å². The number of rotatable bonds is 4. The Hall–Kier alpha value is -3.03. The molecule has 1 saturated heterocycles. The van der Waals surface area contributed by atoms with E-state index in [-0.39, 0.29) is 0 Å². The quantitative estimate of drug-likeness (QED) is 0.679. The number of halogens is 2. The van der Waals surface area contributed by atoms with Crippen LogP contribution in [0.4, 0.5) is 13.6 Å². The van der Waals surface area contributed by atoms with Gasteiger partial charge in [-0.2, -0.15) is 0 Å². The first-order chi connectivity index (χ1) is 11.8. The second-order valence-corrected chi connectivity index (χ2v) is 5.97. The number of urea groups is 1. The summed E-state index contributed by atoms with van der Waals surface area (Å²) in [5.41, 5.74) is -2.16. The van der Waals surface area contributed by atoms with Gasteiger partial charge in [-0.25, -0.2) is 13.6 Å². The van der Waals surface area contributed by atoms with Crippen LogP contribution in [0.3, 0.4) is 0 Å². The Labute approximate surface area is 142 Å². The van der Waals surface area contributed by atoms with Gasteiger partial charge in [-0.1, -0.05) is 6.07 Å². The van der Waals surface area contributed by atoms with Crippen LogP contribution in [0, 0.1) is 11.6 Å². The zero-order valence-corrected chi connectivity index (χ0v) is 13.5. The fourth-order valence-electron chi connectivity index (χ4n) is 2.96. The van der Waals surface area contributed by atoms with E-state index in [1.807, 2.05) is 0 Å². The fraction of sp³-hybridized carbons (Fsp3) is 0.235. The lowest BCUT2D eigenvalue weighted by atomic mass is 9.91. The molecular weight excluding hydrogens is 332 g/mol. The lowest BCUT2D eigenvalue weighted by molar-refractivity contribution is -0.130. The van der Waals surface area contributed by atoms with Crippen molar-refractivity contribution in [3.63, 3.8) is 0 Å². The van der Waals surface area contributed by atoms with E-state index < -0.39 is 47.0 Å². The number of hydrogen-bond acceptors (Lipinski definition) is 3. The van der Waals surface area contributed by atoms with Gasteiger partial charge in [0.05, 0.1) is 17.8 Å². The highest BCUT2D eigenvalue weighted by atomic mass is 19.1. The van der Waals surface area contributed by atoms with E-state index in [9.17, 15) is 23.2 Å². The van der Waals surface area contributed by atoms with E-state index in [2.05, 4.69) is 5.32 Å². The predicted molar refractivity (Wildman–Crippen MR) is 83.7 cm³/mol. The van der Waals surface area contributed by atoms with E-state index in [4.69, 9.17) is 0 Å². The number of benzene rings is 1. The minimum Gasteiger partial charge on any atom is -0.348 e. The van der Waals surface area contributed by atoms with Gasteiger partial charge in [0, 0.05) is 13.2 Å². The summed E-state index contributed by atoms with van der Waals surface area (Å²) in [6.45, 7) is 0.690. The highest BCUT2D eigenvalue weighted by Gasteiger charge is 2.52. The van der Waals surface area contributed by atoms with Crippen molar-refractivity contribution < 1.29 is 23.2 Å². The molecule has 2 aromatic rings. The Kier molecular flexibility index (Phi) is 3.90. The highest BCUT2D eigenvalue weighted by molar-refractivity contribution is 6.11. The Bertz CT molecular complexity index is 873. The normalized spacial score (nSPS) is 20.1. The van der Waals surface area contributed by atoms with Crippen LogP contribution in [0.5, 0.6) is 0 Å². The molecule has 1 N–H and O–H groups in total. The summed E-state index contributed by atoms with van der Waals surface area (Å²) in [7, 11) is 1.65. The van der Waals surface area contributed by atoms with Crippen LogP contribution in [0.25, 0.3) is 0 Å². The molecule has 25 heavy (non-hydrogen) atoms. The van der Waals surface area contributed by atoms with Crippen LogP contribution >= 0.6 is 0 Å². The maximum absolute atomic E-state index is 14.1. The third-order valence-corrected chi connectivity index (χ3v) is 4.27. The maximum Gasteiger partial charge on any atom is 0.325 e. The fourth-order valence-corrected chi connectivity index (χ4v) is 2.96. The Morgan fingerprint density at radius 3 is 2.36 bits per heavy atom. The number of carbonyl (C=O) groups is 3. The summed E-state index contributed by atoms with van der Waals surface area (Å²) in [6, 6.07) is 5.49. The Balaban J connectivity index is 1.93. The number of hydrogen-bond donors (Lipinski definition) is 1. The topological polar surface area (TPSA) is 71.4 Å². The number of ketones is 1. The number of nitrogens with one attached hydrogen (secondary N) is 1. The van der Waals surface area contributed by atoms with Crippen molar-refractivity contribution in [3.05, 3.63) is 59.4 Å². The molecule has 3 rings (SSSR count). The first-order valence-electron chi connectivity index (χ1n) is 7.49. The van der Waals surface area contributed by atoms with E-state index in [0.29, 0.717) is 10.6 Å². The number of carbonyl (C=O) groups excluding carboxylic acids is 3. The Morgan fingerprint density at radius 2 is 1.80 bits per heavy atom. The average Bonchev–Trinajstić information content (AvgIpc) is 3.05. The molecule has 3 amide bonds. The first-order valence-corrected chi connectivity index (χ1v) is 7.49. The molecule has 1 fully saturated rings. The van der Waals surface area contributed by atoms with Gasteiger partial charge in [0.15, 0.2) is 5.78 Å². The van der Waals surface area contributed by atoms with Crippen LogP contribution in [-0.2, 0) is 17.4 Å². The third kappa shape index (κ3) is 2.59. The molecule has 0 aliphatic carbocycles. The van der Waals surface area contributed by atoms with Crippen LogP contribution < -0.4 is 5.32 Å². The lowest BCUT2D eigenvalue weighted by Gasteiger charge is -2.23. The van der Waals surface area contributed by atoms with Gasteiger partial charge in [0.2, 0.25) is 0 Å². The molecule has 130 valence electrons. The number of imide groups is 1. The molecule has 0 unspecified atom stereocenters. The molecule has 1 atom stereocenters. The summed E-state index contributed by atoms with van der Waals surface area (Å²) in [5, 5.41) is 2.29. The molecule has 1 aromatic heterocycles. The Morgan fingerprint density at radius 1 is 1.16 bits per heavy atom. The van der Waals surface area contributed by atoms with Crippen molar-refractivity contribution >= 4 is 17.7 Å². The van der Waals surface area contributed by atoms with Crippen molar-refractivity contribution in [1.29, 1.82) is 0 Å². The van der Waals surface area contributed by atoms with Gasteiger partial charge < -0.3 is 9.88 Å². The molecule has 1 aliphatic rings. The number of Topliss-reactive ketones (excluding diaryl/α,β-unsaturated/α-hetero) is 1. The van der Waals surface area contributed by atoms with E-state index in [1.54, 1.807) is 29.9 Å². The molecule has 0 saturated carbocycles. The standard InChI is InChI=1S/C17H15F2N3O3/c1-17(14-10(18)5-3-6-11(14)19)15(24)22(16(25)20-17)9-13(23)12-7-4-8-21(12)2/h3-8H,9H2,1-2H3,(H,20,25)/t17-/m0/s1. The number of aryl methyl sites for hydroxylation is 1. The molecule has 1 aliphatic heterocycles. The SMILES string of the molecule is Cn1cccc1C(=O)CN1C(=O)N[C@@](C)(c2c(F)cccc2F)C1=O. The van der Waals surface area contributed by atoms with Crippen LogP contribution in [0.1, 0.15) is 23.0 Å². The number of aromatic nitrogens is 1. The maximum atomic E-state index is 14.1. The van der Waals surface area contributed by atoms with Crippen molar-refractivity contribution in [1.82, 2.24) is 14.8 Å². The molecule has 0 spiro atoms. The van der Waals surface area contributed by atoms with Gasteiger partial charge in [-0.3, -0.25) is 14.5 Å². The van der Waals surface area contributed by atoms with Crippen molar-refractivity contribution in [2.45, 2.75) is 12.5 Å². The molecule has 8 heteroatoms. The highest BCUT2D eigenvalue weighted by Crippen LogP contribution is 2.32. The van der Waals surface area contributed by atoms with Gasteiger partial charge in [-0.05, 0) is 31.2 Å². The van der Waals surface area contributed by atoms with E-state index in [1.165, 1.54) is 6.92 Å². The summed E-state index contributed by atoms with van der Waals surface area (Å²) in [4.78, 5) is 37.8. The molecule has 6 nitrogen and oxygen atoms in total. The monoisotopic (exact) mass is 347 g/mol. The largest absolute Gasteiger partial charge is 0.348 e. The van der Waals surface area contributed by atoms with Gasteiger partial charge in [0.1, 0.15) is 17.2 Å². The number of amides is 3. The van der Waals surface area contributed by atoms with Crippen LogP contribution in [0.2, 0.25) is 0 Å². The molecule has 0 bridgehead atoms. The van der Waals surface area contributed by atoms with Gasteiger partial charge in [0.25, 0.3) is 5.91 Å². The second kappa shape index (κ2) is 5.80. The summed E-state index contributed by atoms with van der Waals surface area (Å²) < 4.78 is 29.7. The van der Waals surface area contributed by atoms with Crippen molar-refractivity contribution in [2.24, 2.45) is 7.05 Å². The third-order valence-electron chi connectivity index (χ3n) is 4.27. The molecule has 0 radical (unpaired) electrons. The number of nitrogens with zero attached hydrogens (tertiary/aromatic N) is 2. The minimum atomic E-state index is -1.92. The summed E-state index contributed by atoms with van der Waals surface area (Å²) in [6.07, 6.45) is 1.65. The minimum absolute atomic E-state index is 0.311. The zero-order valence-electron chi connectivity index (χ0n) is 13.5. The molecule has 1 aromatic carbocycles. The van der Waals surface area contributed by atoms with Crippen molar-refractivity contribution in [2.75, 3.05) is 6.54 Å². The van der Waals surface area contributed by atoms with Gasteiger partial charge in [-0.15, -0.1) is 0 Å². The predicted octanol–water partition coefficient (Wildman–Crippen LogP) is 1.95. The molecule has 2 heterocycles. The van der Waals surface area contributed by atoms with Gasteiger partial charge >= 0.3 is 6.03 Å². The summed E-state index contributed by atoms with van der Waals surface area (Å²) >= 11 is 0. The first kappa shape index (κ1) is 16.8. The van der Waals surface area contributed by atoms with E-state index in [0.717, 1.165) is 18.2 Å². The molecular formula is C17H15F2N3O3. The smallest absolute Gasteiger partial charge is 0.325 e. The van der Waals surface area contributed by atoms with E-state index >= 15 is 0 Å².